The van der Waals surface area contributed by atoms with E-state index < -0.39 is 0 Å². The minimum absolute atomic E-state index is 0.539. The van der Waals surface area contributed by atoms with Gasteiger partial charge in [-0.25, -0.2) is 4.98 Å². The monoisotopic (exact) mass is 122 g/mol. The van der Waals surface area contributed by atoms with Crippen LogP contribution in [0.5, 0.6) is 11.6 Å². The Kier molecular flexibility index (Phi) is 0.828. The summed E-state index contributed by atoms with van der Waals surface area (Å²) in [6.07, 6.45) is 1.65. The molecule has 45 valence electrons. The lowest BCUT2D eigenvalue weighted by molar-refractivity contribution is 0.267. The van der Waals surface area contributed by atoms with Gasteiger partial charge in [0.2, 0.25) is 0 Å². The van der Waals surface area contributed by atoms with E-state index in [-0.39, 0.29) is 0 Å². The number of fused-ring (bicyclic) bond motifs is 1. The van der Waals surface area contributed by atoms with E-state index in [1.54, 1.807) is 18.3 Å². The largest absolute Gasteiger partial charge is 0.442 e. The molecule has 1 aromatic rings. The molecule has 1 aliphatic rings. The fourth-order valence-electron chi connectivity index (χ4n) is 0.676. The fourth-order valence-corrected chi connectivity index (χ4v) is 0.676. The molecule has 0 N–H and O–H groups in total. The van der Waals surface area contributed by atoms with Crippen molar-refractivity contribution in [1.29, 1.82) is 0 Å². The van der Waals surface area contributed by atoms with Gasteiger partial charge in [-0.2, -0.15) is 0 Å². The second-order valence-electron chi connectivity index (χ2n) is 1.64. The van der Waals surface area contributed by atoms with E-state index in [1.807, 2.05) is 0 Å². The Hall–Kier alpha value is -1.25. The van der Waals surface area contributed by atoms with Crippen LogP contribution in [0.15, 0.2) is 18.3 Å². The molecule has 3 heteroatoms. The van der Waals surface area contributed by atoms with Crippen molar-refractivity contribution in [1.82, 2.24) is 4.98 Å². The van der Waals surface area contributed by atoms with Crippen molar-refractivity contribution < 1.29 is 9.47 Å². The van der Waals surface area contributed by atoms with Crippen LogP contribution in [0.2, 0.25) is 0 Å². The van der Waals surface area contributed by atoms with Crippen molar-refractivity contribution in [3.63, 3.8) is 0 Å². The van der Waals surface area contributed by atoms with Gasteiger partial charge in [-0.3, -0.25) is 0 Å². The number of nitrogens with zero attached hydrogens (tertiary/aromatic N) is 1. The fraction of sp³-hybridized carbons (Fsp3) is 0. The van der Waals surface area contributed by atoms with Gasteiger partial charge in [-0.1, -0.05) is 0 Å². The maximum absolute atomic E-state index is 4.89. The molecule has 0 amide bonds. The zero-order valence-electron chi connectivity index (χ0n) is 4.57. The second-order valence-corrected chi connectivity index (χ2v) is 1.64. The number of pyridine rings is 1. The van der Waals surface area contributed by atoms with Gasteiger partial charge in [-0.05, 0) is 12.1 Å². The minimum atomic E-state index is 0.539. The molecule has 0 fully saturated rings. The van der Waals surface area contributed by atoms with Crippen molar-refractivity contribution in [3.8, 4) is 11.6 Å². The predicted octanol–water partition coefficient (Wildman–Crippen LogP) is 0.972. The van der Waals surface area contributed by atoms with Crippen molar-refractivity contribution in [2.45, 2.75) is 0 Å². The van der Waals surface area contributed by atoms with Crippen LogP contribution in [-0.4, -0.2) is 4.98 Å². The van der Waals surface area contributed by atoms with Gasteiger partial charge in [-0.15, -0.1) is 0 Å². The highest BCUT2D eigenvalue weighted by molar-refractivity contribution is 5.35. The van der Waals surface area contributed by atoms with Crippen LogP contribution in [-0.2, 0) is 0 Å². The summed E-state index contributed by atoms with van der Waals surface area (Å²) in [5, 5.41) is 0. The number of rotatable bonds is 0. The molecule has 0 aromatic carbocycles. The van der Waals surface area contributed by atoms with Crippen molar-refractivity contribution >= 4 is 0 Å². The molecule has 0 unspecified atom stereocenters. The van der Waals surface area contributed by atoms with Crippen LogP contribution in [0, 0.1) is 6.79 Å². The van der Waals surface area contributed by atoms with Crippen LogP contribution >= 0.6 is 0 Å². The third kappa shape index (κ3) is 0.614. The Labute approximate surface area is 52.2 Å². The average molecular weight is 122 g/mol. The van der Waals surface area contributed by atoms with Gasteiger partial charge in [0.25, 0.3) is 5.88 Å². The molecular formula is C6H4NO2. The quantitative estimate of drug-likeness (QED) is 0.513. The molecule has 0 saturated carbocycles. The lowest BCUT2D eigenvalue weighted by Gasteiger charge is -1.88. The Bertz CT molecular complexity index is 201. The highest BCUT2D eigenvalue weighted by atomic mass is 16.7. The highest BCUT2D eigenvalue weighted by Gasteiger charge is 2.12. The normalized spacial score (nSPS) is 13.8. The van der Waals surface area contributed by atoms with Crippen LogP contribution in [0.25, 0.3) is 0 Å². The standard InChI is InChI=1S/C6H4NO2/c1-2-5-6(7-3-1)9-4-8-5/h1-4H. The van der Waals surface area contributed by atoms with E-state index in [4.69, 9.17) is 9.47 Å². The topological polar surface area (TPSA) is 31.4 Å². The molecule has 0 spiro atoms. The van der Waals surface area contributed by atoms with Crippen LogP contribution in [0.1, 0.15) is 0 Å². The smallest absolute Gasteiger partial charge is 0.317 e. The SMILES string of the molecule is [CH]1Oc2cccnc2O1. The summed E-state index contributed by atoms with van der Waals surface area (Å²) >= 11 is 0. The van der Waals surface area contributed by atoms with Gasteiger partial charge in [0.15, 0.2) is 5.75 Å². The summed E-state index contributed by atoms with van der Waals surface area (Å²) < 4.78 is 9.73. The van der Waals surface area contributed by atoms with Gasteiger partial charge in [0, 0.05) is 6.20 Å². The molecule has 9 heavy (non-hydrogen) atoms. The number of ether oxygens (including phenoxy) is 2. The Balaban J connectivity index is 2.54. The molecule has 0 atom stereocenters. The Morgan fingerprint density at radius 1 is 1.33 bits per heavy atom. The molecule has 0 aliphatic carbocycles. The minimum Gasteiger partial charge on any atom is -0.442 e. The van der Waals surface area contributed by atoms with E-state index in [9.17, 15) is 0 Å². The first-order chi connectivity index (χ1) is 4.47. The number of aromatic nitrogens is 1. The highest BCUT2D eigenvalue weighted by Crippen LogP contribution is 2.29. The first-order valence-electron chi connectivity index (χ1n) is 2.57. The average Bonchev–Trinajstić information content (AvgIpc) is 2.33. The van der Waals surface area contributed by atoms with Gasteiger partial charge < -0.3 is 9.47 Å². The van der Waals surface area contributed by atoms with Crippen LogP contribution in [0.4, 0.5) is 0 Å². The Morgan fingerprint density at radius 3 is 3.22 bits per heavy atom. The van der Waals surface area contributed by atoms with E-state index in [0.29, 0.717) is 11.6 Å². The number of hydrogen-bond donors (Lipinski definition) is 0. The third-order valence-corrected chi connectivity index (χ3v) is 1.07. The summed E-state index contributed by atoms with van der Waals surface area (Å²) in [5.41, 5.74) is 0. The molecule has 1 radical (unpaired) electrons. The lowest BCUT2D eigenvalue weighted by atomic mass is 10.4. The van der Waals surface area contributed by atoms with Crippen molar-refractivity contribution in [3.05, 3.63) is 25.1 Å². The van der Waals surface area contributed by atoms with Crippen LogP contribution in [0.3, 0.4) is 0 Å². The molecule has 1 aromatic heterocycles. The molecular weight excluding hydrogens is 118 g/mol. The van der Waals surface area contributed by atoms with E-state index in [0.717, 1.165) is 0 Å². The van der Waals surface area contributed by atoms with Crippen molar-refractivity contribution in [2.75, 3.05) is 0 Å². The second kappa shape index (κ2) is 1.62. The molecule has 0 bridgehead atoms. The molecule has 2 heterocycles. The summed E-state index contributed by atoms with van der Waals surface area (Å²) in [6.45, 7) is 1.26. The predicted molar refractivity (Wildman–Crippen MR) is 29.8 cm³/mol. The Morgan fingerprint density at radius 2 is 2.33 bits per heavy atom. The summed E-state index contributed by atoms with van der Waals surface area (Å²) in [5.74, 6) is 1.22. The number of hydrogen-bond acceptors (Lipinski definition) is 3. The van der Waals surface area contributed by atoms with E-state index in [2.05, 4.69) is 4.98 Å². The van der Waals surface area contributed by atoms with E-state index >= 15 is 0 Å². The summed E-state index contributed by atoms with van der Waals surface area (Å²) in [7, 11) is 0. The molecule has 0 saturated heterocycles. The molecule has 1 aliphatic heterocycles. The van der Waals surface area contributed by atoms with Crippen LogP contribution < -0.4 is 9.47 Å². The molecule has 3 nitrogen and oxygen atoms in total. The lowest BCUT2D eigenvalue weighted by Crippen LogP contribution is -1.83. The van der Waals surface area contributed by atoms with Gasteiger partial charge in [0.05, 0.1) is 0 Å². The maximum atomic E-state index is 4.89. The zero-order chi connectivity index (χ0) is 6.10. The zero-order valence-corrected chi connectivity index (χ0v) is 4.57. The van der Waals surface area contributed by atoms with E-state index in [1.165, 1.54) is 6.79 Å². The third-order valence-electron chi connectivity index (χ3n) is 1.07. The summed E-state index contributed by atoms with van der Waals surface area (Å²) in [4.78, 5) is 3.88. The summed E-state index contributed by atoms with van der Waals surface area (Å²) in [6, 6.07) is 3.59. The maximum Gasteiger partial charge on any atom is 0.317 e. The first-order valence-corrected chi connectivity index (χ1v) is 2.57. The van der Waals surface area contributed by atoms with Crippen molar-refractivity contribution in [2.24, 2.45) is 0 Å². The molecule has 2 rings (SSSR count). The first kappa shape index (κ1) is 4.61. The van der Waals surface area contributed by atoms with Gasteiger partial charge >= 0.3 is 6.79 Å². The van der Waals surface area contributed by atoms with Gasteiger partial charge in [0.1, 0.15) is 0 Å².